The van der Waals surface area contributed by atoms with E-state index in [9.17, 15) is 18.8 Å². The molecule has 160 valence electrons. The number of halogens is 1. The van der Waals surface area contributed by atoms with Crippen LogP contribution in [-0.4, -0.2) is 23.9 Å². The molecular formula is C24H16FNO6. The van der Waals surface area contributed by atoms with Gasteiger partial charge in [-0.05, 0) is 48.0 Å². The van der Waals surface area contributed by atoms with E-state index in [1.165, 1.54) is 30.4 Å². The van der Waals surface area contributed by atoms with E-state index in [0.717, 1.165) is 6.07 Å². The molecule has 0 fully saturated rings. The number of amides is 1. The van der Waals surface area contributed by atoms with Crippen LogP contribution in [0.15, 0.2) is 74.5 Å². The number of furan rings is 1. The zero-order valence-corrected chi connectivity index (χ0v) is 16.8. The smallest absolute Gasteiger partial charge is 0.337 e. The van der Waals surface area contributed by atoms with E-state index in [0.29, 0.717) is 16.9 Å². The van der Waals surface area contributed by atoms with Crippen molar-refractivity contribution in [2.75, 3.05) is 7.11 Å². The van der Waals surface area contributed by atoms with Gasteiger partial charge in [-0.3, -0.25) is 9.59 Å². The molecular weight excluding hydrogens is 417 g/mol. The maximum atomic E-state index is 13.8. The largest absolute Gasteiger partial charge is 0.467 e. The molecule has 32 heavy (non-hydrogen) atoms. The van der Waals surface area contributed by atoms with E-state index >= 15 is 0 Å². The highest BCUT2D eigenvalue weighted by molar-refractivity contribution is 5.99. The minimum atomic E-state index is -0.807. The first kappa shape index (κ1) is 19.7. The molecule has 0 N–H and O–H groups in total. The Morgan fingerprint density at radius 1 is 1.12 bits per heavy atom. The third kappa shape index (κ3) is 3.08. The van der Waals surface area contributed by atoms with Crippen molar-refractivity contribution in [3.8, 4) is 0 Å². The highest BCUT2D eigenvalue weighted by atomic mass is 19.1. The minimum Gasteiger partial charge on any atom is -0.467 e. The predicted octanol–water partition coefficient (Wildman–Crippen LogP) is 4.06. The summed E-state index contributed by atoms with van der Waals surface area (Å²) in [5.41, 5.74) is 0.664. The van der Waals surface area contributed by atoms with Crippen LogP contribution in [0, 0.1) is 5.82 Å². The second kappa shape index (κ2) is 7.49. The van der Waals surface area contributed by atoms with E-state index in [1.54, 1.807) is 36.4 Å². The number of hydrogen-bond acceptors (Lipinski definition) is 6. The molecule has 0 spiro atoms. The molecule has 4 aromatic rings. The van der Waals surface area contributed by atoms with Gasteiger partial charge in [-0.1, -0.05) is 12.1 Å². The van der Waals surface area contributed by atoms with Crippen LogP contribution in [0.25, 0.3) is 11.0 Å². The summed E-state index contributed by atoms with van der Waals surface area (Å²) in [6.07, 6.45) is 1.49. The zero-order chi connectivity index (χ0) is 22.4. The maximum absolute atomic E-state index is 13.8. The van der Waals surface area contributed by atoms with Gasteiger partial charge in [0.2, 0.25) is 5.76 Å². The van der Waals surface area contributed by atoms with Gasteiger partial charge >= 0.3 is 5.97 Å². The minimum absolute atomic E-state index is 0.0487. The van der Waals surface area contributed by atoms with Gasteiger partial charge in [0, 0.05) is 0 Å². The molecule has 8 heteroatoms. The van der Waals surface area contributed by atoms with Crippen LogP contribution in [0.5, 0.6) is 0 Å². The van der Waals surface area contributed by atoms with Crippen LogP contribution < -0.4 is 5.43 Å². The molecule has 0 unspecified atom stereocenters. The van der Waals surface area contributed by atoms with Crippen LogP contribution in [0.4, 0.5) is 4.39 Å². The number of rotatable bonds is 4. The van der Waals surface area contributed by atoms with Gasteiger partial charge in [0.05, 0.1) is 42.5 Å². The van der Waals surface area contributed by atoms with Gasteiger partial charge in [0.15, 0.2) is 5.43 Å². The van der Waals surface area contributed by atoms with Crippen LogP contribution in [0.1, 0.15) is 43.8 Å². The predicted molar refractivity (Wildman–Crippen MR) is 111 cm³/mol. The number of fused-ring (bicyclic) bond motifs is 2. The van der Waals surface area contributed by atoms with Gasteiger partial charge in [0.25, 0.3) is 5.91 Å². The molecule has 2 aromatic heterocycles. The molecule has 7 nitrogen and oxygen atoms in total. The summed E-state index contributed by atoms with van der Waals surface area (Å²) in [4.78, 5) is 39.9. The molecule has 3 heterocycles. The van der Waals surface area contributed by atoms with E-state index in [-0.39, 0.29) is 28.8 Å². The van der Waals surface area contributed by atoms with Crippen molar-refractivity contribution in [1.82, 2.24) is 4.90 Å². The second-order valence-electron chi connectivity index (χ2n) is 7.34. The fraction of sp³-hybridized carbons (Fsp3) is 0.125. The van der Waals surface area contributed by atoms with E-state index in [2.05, 4.69) is 0 Å². The van der Waals surface area contributed by atoms with Crippen molar-refractivity contribution in [3.05, 3.63) is 105 Å². The Kier molecular flexibility index (Phi) is 4.62. The summed E-state index contributed by atoms with van der Waals surface area (Å²) in [5.74, 6) is -1.15. The lowest BCUT2D eigenvalue weighted by molar-refractivity contribution is 0.0599. The van der Waals surface area contributed by atoms with E-state index in [4.69, 9.17) is 13.6 Å². The summed E-state index contributed by atoms with van der Waals surface area (Å²) < 4.78 is 29.7. The summed E-state index contributed by atoms with van der Waals surface area (Å²) in [6, 6.07) is 12.6. The Balaban J connectivity index is 1.70. The normalized spacial score (nSPS) is 15.2. The average molecular weight is 433 g/mol. The standard InChI is InChI=1S/C24H16FNO6/c1-30-24(29)14-6-4-13(5-7-14)20-19-21(27)17-11-15(25)8-9-18(17)32-22(19)23(28)26(20)12-16-3-2-10-31-16/h2-11,20H,12H2,1H3/t20-/m1/s1. The maximum Gasteiger partial charge on any atom is 0.337 e. The number of hydrogen-bond donors (Lipinski definition) is 0. The second-order valence-corrected chi connectivity index (χ2v) is 7.34. The highest BCUT2D eigenvalue weighted by Gasteiger charge is 2.43. The molecule has 0 saturated heterocycles. The molecule has 2 aromatic carbocycles. The molecule has 0 radical (unpaired) electrons. The number of nitrogens with zero attached hydrogens (tertiary/aromatic N) is 1. The molecule has 1 aliphatic rings. The number of carbonyl (C=O) groups excluding carboxylic acids is 2. The summed E-state index contributed by atoms with van der Waals surface area (Å²) >= 11 is 0. The van der Waals surface area contributed by atoms with Crippen molar-refractivity contribution < 1.29 is 27.6 Å². The molecule has 5 rings (SSSR count). The van der Waals surface area contributed by atoms with Gasteiger partial charge in [-0.15, -0.1) is 0 Å². The Morgan fingerprint density at radius 2 is 1.91 bits per heavy atom. The Morgan fingerprint density at radius 3 is 2.59 bits per heavy atom. The third-order valence-corrected chi connectivity index (χ3v) is 5.48. The molecule has 0 bridgehead atoms. The van der Waals surface area contributed by atoms with E-state index < -0.39 is 29.2 Å². The Hall–Kier alpha value is -4.20. The molecule has 1 aliphatic heterocycles. The van der Waals surface area contributed by atoms with Crippen LogP contribution >= 0.6 is 0 Å². The van der Waals surface area contributed by atoms with Gasteiger partial charge in [0.1, 0.15) is 17.2 Å². The monoisotopic (exact) mass is 433 g/mol. The van der Waals surface area contributed by atoms with Crippen LogP contribution in [0.3, 0.4) is 0 Å². The quantitative estimate of drug-likeness (QED) is 0.451. The van der Waals surface area contributed by atoms with Crippen molar-refractivity contribution in [2.24, 2.45) is 0 Å². The Labute approximate surface area is 180 Å². The van der Waals surface area contributed by atoms with Crippen molar-refractivity contribution in [3.63, 3.8) is 0 Å². The fourth-order valence-electron chi connectivity index (χ4n) is 3.99. The van der Waals surface area contributed by atoms with Crippen molar-refractivity contribution in [2.45, 2.75) is 12.6 Å². The lowest BCUT2D eigenvalue weighted by Crippen LogP contribution is -2.29. The molecule has 0 aliphatic carbocycles. The number of carbonyl (C=O) groups is 2. The SMILES string of the molecule is COC(=O)c1ccc([C@@H]2c3c(oc4ccc(F)cc4c3=O)C(=O)N2Cc2ccco2)cc1. The molecule has 1 atom stereocenters. The zero-order valence-electron chi connectivity index (χ0n) is 16.8. The Bertz CT molecular complexity index is 1410. The molecule has 1 amide bonds. The van der Waals surface area contributed by atoms with E-state index in [1.807, 2.05) is 0 Å². The van der Waals surface area contributed by atoms with Crippen LogP contribution in [0.2, 0.25) is 0 Å². The summed E-state index contributed by atoms with van der Waals surface area (Å²) in [7, 11) is 1.28. The first-order valence-corrected chi connectivity index (χ1v) is 9.76. The lowest BCUT2D eigenvalue weighted by atomic mass is 9.97. The van der Waals surface area contributed by atoms with Crippen molar-refractivity contribution in [1.29, 1.82) is 0 Å². The first-order chi connectivity index (χ1) is 15.5. The fourth-order valence-corrected chi connectivity index (χ4v) is 3.99. The number of methoxy groups -OCH3 is 1. The number of esters is 1. The summed E-state index contributed by atoms with van der Waals surface area (Å²) in [5, 5.41) is 0.0487. The average Bonchev–Trinajstić information content (AvgIpc) is 3.41. The highest BCUT2D eigenvalue weighted by Crippen LogP contribution is 2.39. The molecule has 0 saturated carbocycles. The number of ether oxygens (including phenoxy) is 1. The van der Waals surface area contributed by atoms with Gasteiger partial charge in [-0.2, -0.15) is 0 Å². The third-order valence-electron chi connectivity index (χ3n) is 5.48. The van der Waals surface area contributed by atoms with Crippen LogP contribution in [-0.2, 0) is 11.3 Å². The number of benzene rings is 2. The van der Waals surface area contributed by atoms with Gasteiger partial charge in [-0.25, -0.2) is 9.18 Å². The van der Waals surface area contributed by atoms with Gasteiger partial charge < -0.3 is 18.5 Å². The lowest BCUT2D eigenvalue weighted by Gasteiger charge is -2.24. The topological polar surface area (TPSA) is 90.0 Å². The summed E-state index contributed by atoms with van der Waals surface area (Å²) in [6.45, 7) is 0.0869. The first-order valence-electron chi connectivity index (χ1n) is 9.76. The van der Waals surface area contributed by atoms with Crippen molar-refractivity contribution >= 4 is 22.8 Å².